The lowest BCUT2D eigenvalue weighted by Gasteiger charge is -2.08. The lowest BCUT2D eigenvalue weighted by atomic mass is 10.3. The van der Waals surface area contributed by atoms with E-state index in [-0.39, 0.29) is 30.6 Å². The Morgan fingerprint density at radius 2 is 2.10 bits per heavy atom. The Morgan fingerprint density at radius 1 is 1.33 bits per heavy atom. The molecule has 0 unspecified atom stereocenters. The fraction of sp³-hybridized carbons (Fsp3) is 0.278. The average molecular weight is 498 g/mol. The molecule has 0 saturated carbocycles. The third-order valence-corrected chi connectivity index (χ3v) is 5.04. The summed E-state index contributed by atoms with van der Waals surface area (Å²) in [5, 5.41) is 22.6. The summed E-state index contributed by atoms with van der Waals surface area (Å²) < 4.78 is 9.42. The zero-order valence-corrected chi connectivity index (χ0v) is 18.5. The predicted molar refractivity (Wildman–Crippen MR) is 113 cm³/mol. The van der Waals surface area contributed by atoms with E-state index >= 15 is 0 Å². The number of carbonyl (C=O) groups excluding carboxylic acids is 1. The molecule has 0 spiro atoms. The van der Waals surface area contributed by atoms with Crippen LogP contribution in [-0.4, -0.2) is 36.9 Å². The summed E-state index contributed by atoms with van der Waals surface area (Å²) >= 11 is 9.43. The van der Waals surface area contributed by atoms with E-state index in [0.717, 1.165) is 4.47 Å². The molecule has 1 amide bonds. The Morgan fingerprint density at radius 3 is 2.77 bits per heavy atom. The largest absolute Gasteiger partial charge is 0.470 e. The van der Waals surface area contributed by atoms with Crippen molar-refractivity contribution in [1.29, 1.82) is 0 Å². The third kappa shape index (κ3) is 4.97. The second-order valence-corrected chi connectivity index (χ2v) is 7.67. The van der Waals surface area contributed by atoms with Gasteiger partial charge in [-0.05, 0) is 38.1 Å². The van der Waals surface area contributed by atoms with Crippen LogP contribution in [0.25, 0.3) is 0 Å². The normalized spacial score (nSPS) is 10.8. The van der Waals surface area contributed by atoms with Gasteiger partial charge in [0.05, 0.1) is 16.5 Å². The van der Waals surface area contributed by atoms with E-state index in [1.54, 1.807) is 44.3 Å². The first-order chi connectivity index (χ1) is 14.3. The molecule has 1 aromatic carbocycles. The van der Waals surface area contributed by atoms with Crippen LogP contribution in [0.2, 0.25) is 5.02 Å². The first-order valence-electron chi connectivity index (χ1n) is 8.84. The Balaban J connectivity index is 1.53. The summed E-state index contributed by atoms with van der Waals surface area (Å²) in [6.07, 6.45) is 1.62. The fourth-order valence-electron chi connectivity index (χ4n) is 2.82. The quantitative estimate of drug-likeness (QED) is 0.376. The number of nitro groups is 1. The topological polar surface area (TPSA) is 117 Å². The maximum absolute atomic E-state index is 12.3. The summed E-state index contributed by atoms with van der Waals surface area (Å²) in [4.78, 5) is 22.9. The molecule has 2 heterocycles. The maximum atomic E-state index is 12.3. The zero-order chi connectivity index (χ0) is 21.8. The monoisotopic (exact) mass is 496 g/mol. The molecule has 10 nitrogen and oxygen atoms in total. The number of halogens is 2. The molecule has 1 N–H and O–H groups in total. The number of aromatic nitrogens is 4. The molecule has 0 aliphatic rings. The van der Waals surface area contributed by atoms with Gasteiger partial charge in [0.15, 0.2) is 6.73 Å². The molecule has 0 saturated heterocycles. The van der Waals surface area contributed by atoms with Crippen molar-refractivity contribution in [3.63, 3.8) is 0 Å². The van der Waals surface area contributed by atoms with Crippen LogP contribution in [0.3, 0.4) is 0 Å². The Kier molecular flexibility index (Phi) is 6.73. The van der Waals surface area contributed by atoms with Crippen LogP contribution in [-0.2, 0) is 13.3 Å². The molecule has 3 rings (SSSR count). The number of aryl methyl sites for hydroxylation is 1. The third-order valence-electron chi connectivity index (χ3n) is 4.25. The van der Waals surface area contributed by atoms with Crippen molar-refractivity contribution in [2.45, 2.75) is 27.1 Å². The highest BCUT2D eigenvalue weighted by molar-refractivity contribution is 9.10. The molecule has 30 heavy (non-hydrogen) atoms. The molecule has 0 atom stereocenters. The van der Waals surface area contributed by atoms with Crippen molar-refractivity contribution in [3.8, 4) is 5.75 Å². The summed E-state index contributed by atoms with van der Waals surface area (Å²) in [5.74, 6) is 0.131. The van der Waals surface area contributed by atoms with E-state index in [2.05, 4.69) is 31.4 Å². The molecule has 0 fully saturated rings. The van der Waals surface area contributed by atoms with Gasteiger partial charge in [0.1, 0.15) is 22.8 Å². The summed E-state index contributed by atoms with van der Waals surface area (Å²) in [6.45, 7) is 3.84. The number of amides is 1. The second-order valence-electron chi connectivity index (χ2n) is 6.34. The van der Waals surface area contributed by atoms with Gasteiger partial charge >= 0.3 is 5.69 Å². The Hall–Kier alpha value is -2.92. The van der Waals surface area contributed by atoms with E-state index in [1.165, 1.54) is 9.36 Å². The smallest absolute Gasteiger partial charge is 0.312 e. The van der Waals surface area contributed by atoms with E-state index in [9.17, 15) is 14.9 Å². The minimum absolute atomic E-state index is 0.00838. The SMILES string of the molecule is Cc1nn(CCNC(=O)c2ccn(COc3ccc(Br)cc3Cl)n2)c(C)c1[N+](=O)[O-]. The zero-order valence-electron chi connectivity index (χ0n) is 16.1. The average Bonchev–Trinajstić information content (AvgIpc) is 3.25. The molecule has 0 radical (unpaired) electrons. The molecule has 3 aromatic rings. The maximum Gasteiger partial charge on any atom is 0.312 e. The molecule has 12 heteroatoms. The lowest BCUT2D eigenvalue weighted by Crippen LogP contribution is -2.28. The van der Waals surface area contributed by atoms with Gasteiger partial charge in [0.25, 0.3) is 5.91 Å². The standard InChI is InChI=1S/C18H18BrClN6O4/c1-11-17(26(28)29)12(2)25(22-11)8-6-21-18(27)15-5-7-24(23-15)10-30-16-4-3-13(19)9-14(16)20/h3-5,7,9H,6,8,10H2,1-2H3,(H,21,27). The first-order valence-corrected chi connectivity index (χ1v) is 10.0. The van der Waals surface area contributed by atoms with E-state index in [1.807, 2.05) is 0 Å². The van der Waals surface area contributed by atoms with Gasteiger partial charge < -0.3 is 10.1 Å². The highest BCUT2D eigenvalue weighted by atomic mass is 79.9. The number of rotatable bonds is 8. The summed E-state index contributed by atoms with van der Waals surface area (Å²) in [5.41, 5.74) is 0.999. The molecule has 158 valence electrons. The predicted octanol–water partition coefficient (Wildman–Crippen LogP) is 3.49. The van der Waals surface area contributed by atoms with Crippen LogP contribution in [0.1, 0.15) is 21.9 Å². The summed E-state index contributed by atoms with van der Waals surface area (Å²) in [6, 6.07) is 6.82. The van der Waals surface area contributed by atoms with Crippen molar-refractivity contribution < 1.29 is 14.5 Å². The molecule has 0 aliphatic heterocycles. The van der Waals surface area contributed by atoms with Gasteiger partial charge in [-0.25, -0.2) is 4.68 Å². The van der Waals surface area contributed by atoms with Crippen LogP contribution >= 0.6 is 27.5 Å². The van der Waals surface area contributed by atoms with Gasteiger partial charge in [-0.2, -0.15) is 10.2 Å². The second kappa shape index (κ2) is 9.26. The van der Waals surface area contributed by atoms with Gasteiger partial charge in [-0.15, -0.1) is 0 Å². The van der Waals surface area contributed by atoms with Gasteiger partial charge in [-0.1, -0.05) is 27.5 Å². The van der Waals surface area contributed by atoms with E-state index < -0.39 is 4.92 Å². The molecular formula is C18H18BrClN6O4. The van der Waals surface area contributed by atoms with Crippen LogP contribution in [0.15, 0.2) is 34.9 Å². The fourth-order valence-corrected chi connectivity index (χ4v) is 3.55. The van der Waals surface area contributed by atoms with Gasteiger partial charge in [0, 0.05) is 17.2 Å². The molecular weight excluding hydrogens is 480 g/mol. The van der Waals surface area contributed by atoms with E-state index in [4.69, 9.17) is 16.3 Å². The number of benzene rings is 1. The van der Waals surface area contributed by atoms with Crippen molar-refractivity contribution in [2.75, 3.05) is 6.54 Å². The molecule has 2 aromatic heterocycles. The number of ether oxygens (including phenoxy) is 1. The number of hydrogen-bond acceptors (Lipinski definition) is 6. The molecule has 0 bridgehead atoms. The van der Waals surface area contributed by atoms with Gasteiger partial charge in [-0.3, -0.25) is 19.6 Å². The van der Waals surface area contributed by atoms with Crippen LogP contribution < -0.4 is 10.1 Å². The van der Waals surface area contributed by atoms with Crippen molar-refractivity contribution in [2.24, 2.45) is 0 Å². The van der Waals surface area contributed by atoms with Crippen LogP contribution in [0.5, 0.6) is 5.75 Å². The number of nitrogens with zero attached hydrogens (tertiary/aromatic N) is 5. The minimum atomic E-state index is -0.455. The van der Waals surface area contributed by atoms with Crippen molar-refractivity contribution in [3.05, 3.63) is 67.2 Å². The minimum Gasteiger partial charge on any atom is -0.470 e. The van der Waals surface area contributed by atoms with Crippen molar-refractivity contribution >= 4 is 39.1 Å². The number of nitrogens with one attached hydrogen (secondary N) is 1. The Labute approximate surface area is 185 Å². The van der Waals surface area contributed by atoms with Gasteiger partial charge in [0.2, 0.25) is 0 Å². The van der Waals surface area contributed by atoms with Crippen LogP contribution in [0.4, 0.5) is 5.69 Å². The van der Waals surface area contributed by atoms with Crippen LogP contribution in [0, 0.1) is 24.0 Å². The number of carbonyl (C=O) groups is 1. The van der Waals surface area contributed by atoms with Crippen molar-refractivity contribution in [1.82, 2.24) is 24.9 Å². The van der Waals surface area contributed by atoms with E-state index in [0.29, 0.717) is 28.7 Å². The lowest BCUT2D eigenvalue weighted by molar-refractivity contribution is -0.386. The highest BCUT2D eigenvalue weighted by Crippen LogP contribution is 2.27. The Bertz CT molecular complexity index is 1100. The first kappa shape index (κ1) is 21.8. The number of hydrogen-bond donors (Lipinski definition) is 1. The summed E-state index contributed by atoms with van der Waals surface area (Å²) in [7, 11) is 0. The molecule has 0 aliphatic carbocycles. The highest BCUT2D eigenvalue weighted by Gasteiger charge is 2.21.